The second kappa shape index (κ2) is 4.72. The number of hydrogen-bond donors (Lipinski definition) is 1. The number of aromatic nitrogens is 1. The third-order valence-electron chi connectivity index (χ3n) is 2.64. The Labute approximate surface area is 104 Å². The van der Waals surface area contributed by atoms with Gasteiger partial charge < -0.3 is 5.73 Å². The first kappa shape index (κ1) is 11.9. The highest BCUT2D eigenvalue weighted by Crippen LogP contribution is 2.33. The van der Waals surface area contributed by atoms with Crippen LogP contribution in [-0.2, 0) is 6.42 Å². The molecule has 17 heavy (non-hydrogen) atoms. The highest BCUT2D eigenvalue weighted by Gasteiger charge is 2.13. The molecule has 0 saturated heterocycles. The highest BCUT2D eigenvalue weighted by molar-refractivity contribution is 6.31. The Hall–Kier alpha value is -1.61. The SMILES string of the molecule is CCc1cncc(F)c1-c1cc(Cl)ccc1N. The van der Waals surface area contributed by atoms with Gasteiger partial charge in [-0.2, -0.15) is 0 Å². The van der Waals surface area contributed by atoms with Gasteiger partial charge in [-0.25, -0.2) is 4.39 Å². The van der Waals surface area contributed by atoms with Crippen molar-refractivity contribution in [3.8, 4) is 11.1 Å². The molecule has 2 rings (SSSR count). The van der Waals surface area contributed by atoms with Crippen LogP contribution in [0.3, 0.4) is 0 Å². The molecule has 0 unspecified atom stereocenters. The van der Waals surface area contributed by atoms with Crippen molar-refractivity contribution in [1.82, 2.24) is 4.98 Å². The first-order chi connectivity index (χ1) is 8.13. The van der Waals surface area contributed by atoms with Crippen molar-refractivity contribution < 1.29 is 4.39 Å². The monoisotopic (exact) mass is 250 g/mol. The molecule has 1 aromatic carbocycles. The number of nitrogens with two attached hydrogens (primary N) is 1. The molecule has 0 aliphatic carbocycles. The number of aryl methyl sites for hydroxylation is 1. The molecule has 0 aliphatic heterocycles. The second-order valence-electron chi connectivity index (χ2n) is 3.74. The molecule has 4 heteroatoms. The Bertz CT molecular complexity index is 555. The number of halogens is 2. The van der Waals surface area contributed by atoms with E-state index in [1.807, 2.05) is 6.92 Å². The summed E-state index contributed by atoms with van der Waals surface area (Å²) in [5.74, 6) is -0.377. The third-order valence-corrected chi connectivity index (χ3v) is 2.88. The summed E-state index contributed by atoms with van der Waals surface area (Å²) in [5.41, 5.74) is 8.30. The number of nitrogens with zero attached hydrogens (tertiary/aromatic N) is 1. The van der Waals surface area contributed by atoms with Crippen molar-refractivity contribution in [3.63, 3.8) is 0 Å². The molecule has 0 aliphatic rings. The van der Waals surface area contributed by atoms with Gasteiger partial charge in [0.1, 0.15) is 5.82 Å². The van der Waals surface area contributed by atoms with Gasteiger partial charge in [0.2, 0.25) is 0 Å². The molecule has 0 amide bonds. The van der Waals surface area contributed by atoms with Crippen molar-refractivity contribution in [1.29, 1.82) is 0 Å². The molecule has 0 fully saturated rings. The molecule has 1 heterocycles. The standard InChI is InChI=1S/C13H12ClFN2/c1-2-8-6-17-7-11(15)13(8)10-5-9(14)3-4-12(10)16/h3-7H,2,16H2,1H3. The quantitative estimate of drug-likeness (QED) is 0.826. The first-order valence-electron chi connectivity index (χ1n) is 5.31. The van der Waals surface area contributed by atoms with E-state index in [9.17, 15) is 4.39 Å². The molecule has 0 spiro atoms. The van der Waals surface area contributed by atoms with Crippen LogP contribution >= 0.6 is 11.6 Å². The summed E-state index contributed by atoms with van der Waals surface area (Å²) in [5, 5.41) is 0.535. The number of rotatable bonds is 2. The molecule has 2 aromatic rings. The third kappa shape index (κ3) is 2.24. The van der Waals surface area contributed by atoms with Gasteiger partial charge in [-0.15, -0.1) is 0 Å². The maximum Gasteiger partial charge on any atom is 0.149 e. The number of hydrogen-bond acceptors (Lipinski definition) is 2. The molecule has 88 valence electrons. The van der Waals surface area contributed by atoms with E-state index < -0.39 is 0 Å². The van der Waals surface area contributed by atoms with Crippen LogP contribution in [0, 0.1) is 5.82 Å². The van der Waals surface area contributed by atoms with Gasteiger partial charge in [-0.05, 0) is 30.2 Å². The zero-order valence-electron chi connectivity index (χ0n) is 9.37. The summed E-state index contributed by atoms with van der Waals surface area (Å²) >= 11 is 5.92. The van der Waals surface area contributed by atoms with Crippen LogP contribution in [0.5, 0.6) is 0 Å². The van der Waals surface area contributed by atoms with Crippen molar-refractivity contribution in [2.45, 2.75) is 13.3 Å². The Morgan fingerprint density at radius 2 is 2.12 bits per heavy atom. The van der Waals surface area contributed by atoms with Gasteiger partial charge in [0.15, 0.2) is 0 Å². The zero-order chi connectivity index (χ0) is 12.4. The minimum Gasteiger partial charge on any atom is -0.398 e. The molecule has 0 radical (unpaired) electrons. The lowest BCUT2D eigenvalue weighted by Gasteiger charge is -2.11. The van der Waals surface area contributed by atoms with Gasteiger partial charge in [-0.1, -0.05) is 18.5 Å². The normalized spacial score (nSPS) is 10.5. The lowest BCUT2D eigenvalue weighted by molar-refractivity contribution is 0.622. The summed E-state index contributed by atoms with van der Waals surface area (Å²) < 4.78 is 13.9. The fourth-order valence-corrected chi connectivity index (χ4v) is 1.96. The van der Waals surface area contributed by atoms with E-state index >= 15 is 0 Å². The van der Waals surface area contributed by atoms with Crippen LogP contribution in [0.4, 0.5) is 10.1 Å². The minimum atomic E-state index is -0.377. The smallest absolute Gasteiger partial charge is 0.149 e. The predicted octanol–water partition coefficient (Wildman–Crippen LogP) is 3.69. The summed E-state index contributed by atoms with van der Waals surface area (Å²) in [6.45, 7) is 1.95. The lowest BCUT2D eigenvalue weighted by Crippen LogP contribution is -1.97. The number of benzene rings is 1. The Morgan fingerprint density at radius 3 is 2.82 bits per heavy atom. The van der Waals surface area contributed by atoms with Gasteiger partial charge in [0, 0.05) is 28.0 Å². The fraction of sp³-hybridized carbons (Fsp3) is 0.154. The summed E-state index contributed by atoms with van der Waals surface area (Å²) in [6, 6.07) is 5.04. The highest BCUT2D eigenvalue weighted by atomic mass is 35.5. The largest absolute Gasteiger partial charge is 0.398 e. The van der Waals surface area contributed by atoms with Crippen LogP contribution < -0.4 is 5.73 Å². The maximum absolute atomic E-state index is 13.9. The average molecular weight is 251 g/mol. The van der Waals surface area contributed by atoms with Gasteiger partial charge in [-0.3, -0.25) is 4.98 Å². The minimum absolute atomic E-state index is 0.377. The Kier molecular flexibility index (Phi) is 3.29. The summed E-state index contributed by atoms with van der Waals surface area (Å²) in [7, 11) is 0. The van der Waals surface area contributed by atoms with Crippen LogP contribution in [0.2, 0.25) is 5.02 Å². The van der Waals surface area contributed by atoms with Gasteiger partial charge in [0.05, 0.1) is 6.20 Å². The van der Waals surface area contributed by atoms with Gasteiger partial charge in [0.25, 0.3) is 0 Å². The van der Waals surface area contributed by atoms with Crippen molar-refractivity contribution in [2.24, 2.45) is 0 Å². The van der Waals surface area contributed by atoms with E-state index in [1.54, 1.807) is 24.4 Å². The van der Waals surface area contributed by atoms with Crippen LogP contribution in [-0.4, -0.2) is 4.98 Å². The Balaban J connectivity index is 2.71. The summed E-state index contributed by atoms with van der Waals surface area (Å²) in [4.78, 5) is 3.84. The molecule has 2 nitrogen and oxygen atoms in total. The van der Waals surface area contributed by atoms with E-state index in [2.05, 4.69) is 4.98 Å². The molecule has 0 bridgehead atoms. The van der Waals surface area contributed by atoms with Crippen LogP contribution in [0.1, 0.15) is 12.5 Å². The van der Waals surface area contributed by atoms with E-state index in [4.69, 9.17) is 17.3 Å². The van der Waals surface area contributed by atoms with E-state index in [0.29, 0.717) is 28.3 Å². The van der Waals surface area contributed by atoms with Crippen LogP contribution in [0.15, 0.2) is 30.6 Å². The van der Waals surface area contributed by atoms with Crippen molar-refractivity contribution in [3.05, 3.63) is 47.0 Å². The van der Waals surface area contributed by atoms with E-state index in [1.165, 1.54) is 6.20 Å². The van der Waals surface area contributed by atoms with Crippen molar-refractivity contribution >= 4 is 17.3 Å². The van der Waals surface area contributed by atoms with Crippen molar-refractivity contribution in [2.75, 3.05) is 5.73 Å². The lowest BCUT2D eigenvalue weighted by atomic mass is 9.98. The zero-order valence-corrected chi connectivity index (χ0v) is 10.1. The molecule has 0 saturated carbocycles. The number of anilines is 1. The van der Waals surface area contributed by atoms with E-state index in [-0.39, 0.29) is 5.82 Å². The number of nitrogen functional groups attached to an aromatic ring is 1. The number of pyridine rings is 1. The maximum atomic E-state index is 13.9. The second-order valence-corrected chi connectivity index (χ2v) is 4.18. The first-order valence-corrected chi connectivity index (χ1v) is 5.69. The molecular formula is C13H12ClFN2. The summed E-state index contributed by atoms with van der Waals surface area (Å²) in [6.07, 6.45) is 3.53. The predicted molar refractivity (Wildman–Crippen MR) is 68.4 cm³/mol. The average Bonchev–Trinajstić information content (AvgIpc) is 2.32. The van der Waals surface area contributed by atoms with Crippen LogP contribution in [0.25, 0.3) is 11.1 Å². The molecular weight excluding hydrogens is 239 g/mol. The Morgan fingerprint density at radius 1 is 1.35 bits per heavy atom. The van der Waals surface area contributed by atoms with E-state index in [0.717, 1.165) is 5.56 Å². The molecule has 2 N–H and O–H groups in total. The molecule has 0 atom stereocenters. The van der Waals surface area contributed by atoms with Gasteiger partial charge >= 0.3 is 0 Å². The topological polar surface area (TPSA) is 38.9 Å². The fourth-order valence-electron chi connectivity index (χ4n) is 1.79. The molecule has 1 aromatic heterocycles.